The van der Waals surface area contributed by atoms with Gasteiger partial charge >= 0.3 is 11.9 Å². The van der Waals surface area contributed by atoms with E-state index in [1.807, 2.05) is 0 Å². The van der Waals surface area contributed by atoms with Gasteiger partial charge in [0.25, 0.3) is 0 Å². The van der Waals surface area contributed by atoms with Crippen molar-refractivity contribution in [2.75, 3.05) is 20.3 Å². The lowest BCUT2D eigenvalue weighted by molar-refractivity contribution is -0.148. The SMILES string of the molecule is C=CC(=O)NCCOC(=O)CCC(=O)OC. The smallest absolute Gasteiger partial charge is 0.306 e. The summed E-state index contributed by atoms with van der Waals surface area (Å²) >= 11 is 0. The van der Waals surface area contributed by atoms with Gasteiger partial charge in [-0.3, -0.25) is 14.4 Å². The predicted octanol–water partition coefficient (Wildman–Crippen LogP) is -0.215. The van der Waals surface area contributed by atoms with Gasteiger partial charge in [-0.25, -0.2) is 0 Å². The van der Waals surface area contributed by atoms with Gasteiger partial charge in [0.05, 0.1) is 26.5 Å². The van der Waals surface area contributed by atoms with Crippen LogP contribution < -0.4 is 5.32 Å². The van der Waals surface area contributed by atoms with Gasteiger partial charge in [0.1, 0.15) is 6.61 Å². The molecule has 0 bridgehead atoms. The minimum atomic E-state index is -0.502. The average Bonchev–Trinajstić information content (AvgIpc) is 2.31. The van der Waals surface area contributed by atoms with Crippen LogP contribution in [-0.4, -0.2) is 38.1 Å². The van der Waals surface area contributed by atoms with Crippen molar-refractivity contribution >= 4 is 17.8 Å². The van der Waals surface area contributed by atoms with Gasteiger partial charge in [-0.05, 0) is 6.08 Å². The Labute approximate surface area is 93.6 Å². The Morgan fingerprint density at radius 3 is 2.44 bits per heavy atom. The van der Waals surface area contributed by atoms with Crippen LogP contribution >= 0.6 is 0 Å². The third-order valence-corrected chi connectivity index (χ3v) is 1.61. The van der Waals surface area contributed by atoms with Crippen molar-refractivity contribution in [3.05, 3.63) is 12.7 Å². The van der Waals surface area contributed by atoms with Crippen molar-refractivity contribution in [2.45, 2.75) is 12.8 Å². The van der Waals surface area contributed by atoms with Gasteiger partial charge < -0.3 is 14.8 Å². The van der Waals surface area contributed by atoms with E-state index in [9.17, 15) is 14.4 Å². The maximum Gasteiger partial charge on any atom is 0.306 e. The van der Waals surface area contributed by atoms with E-state index >= 15 is 0 Å². The predicted molar refractivity (Wildman–Crippen MR) is 55.4 cm³/mol. The molecule has 0 heterocycles. The van der Waals surface area contributed by atoms with Gasteiger partial charge in [0.2, 0.25) is 5.91 Å². The highest BCUT2D eigenvalue weighted by atomic mass is 16.5. The highest BCUT2D eigenvalue weighted by Gasteiger charge is 2.07. The van der Waals surface area contributed by atoms with E-state index in [4.69, 9.17) is 4.74 Å². The number of carbonyl (C=O) groups excluding carboxylic acids is 3. The monoisotopic (exact) mass is 229 g/mol. The Kier molecular flexibility index (Phi) is 7.48. The molecule has 16 heavy (non-hydrogen) atoms. The molecule has 0 aliphatic heterocycles. The molecule has 0 radical (unpaired) electrons. The quantitative estimate of drug-likeness (QED) is 0.371. The van der Waals surface area contributed by atoms with Crippen molar-refractivity contribution in [3.8, 4) is 0 Å². The molecule has 0 aromatic carbocycles. The molecule has 0 saturated heterocycles. The zero-order valence-electron chi connectivity index (χ0n) is 9.15. The summed E-state index contributed by atoms with van der Waals surface area (Å²) in [5.74, 6) is -1.29. The van der Waals surface area contributed by atoms with Crippen LogP contribution in [0.1, 0.15) is 12.8 Å². The second kappa shape index (κ2) is 8.46. The molecule has 0 rings (SSSR count). The van der Waals surface area contributed by atoms with Crippen molar-refractivity contribution in [1.29, 1.82) is 0 Å². The minimum absolute atomic E-state index is 0.00560. The zero-order valence-corrected chi connectivity index (χ0v) is 9.15. The summed E-state index contributed by atoms with van der Waals surface area (Å²) in [5, 5.41) is 2.44. The average molecular weight is 229 g/mol. The van der Waals surface area contributed by atoms with Crippen LogP contribution in [0.3, 0.4) is 0 Å². The summed E-state index contributed by atoms with van der Waals surface area (Å²) in [6, 6.07) is 0. The highest BCUT2D eigenvalue weighted by molar-refractivity contribution is 5.86. The first kappa shape index (κ1) is 14.2. The number of carbonyl (C=O) groups is 3. The number of rotatable bonds is 7. The maximum atomic E-state index is 11.0. The first-order chi connectivity index (χ1) is 7.60. The van der Waals surface area contributed by atoms with Crippen molar-refractivity contribution in [3.63, 3.8) is 0 Å². The van der Waals surface area contributed by atoms with E-state index in [0.717, 1.165) is 6.08 Å². The van der Waals surface area contributed by atoms with Crippen molar-refractivity contribution < 1.29 is 23.9 Å². The molecule has 90 valence electrons. The van der Waals surface area contributed by atoms with Crippen LogP contribution in [0.25, 0.3) is 0 Å². The second-order valence-corrected chi connectivity index (χ2v) is 2.79. The minimum Gasteiger partial charge on any atom is -0.469 e. The third kappa shape index (κ3) is 7.54. The van der Waals surface area contributed by atoms with Gasteiger partial charge in [-0.2, -0.15) is 0 Å². The Balaban J connectivity index is 3.47. The molecule has 0 saturated carbocycles. The second-order valence-electron chi connectivity index (χ2n) is 2.79. The van der Waals surface area contributed by atoms with Gasteiger partial charge in [0.15, 0.2) is 0 Å². The molecule has 0 spiro atoms. The number of hydrogen-bond acceptors (Lipinski definition) is 5. The molecule has 6 nitrogen and oxygen atoms in total. The van der Waals surface area contributed by atoms with E-state index < -0.39 is 11.9 Å². The third-order valence-electron chi connectivity index (χ3n) is 1.61. The molecule has 6 heteroatoms. The van der Waals surface area contributed by atoms with Gasteiger partial charge in [-0.1, -0.05) is 6.58 Å². The first-order valence-electron chi connectivity index (χ1n) is 4.73. The number of ether oxygens (including phenoxy) is 2. The Hall–Kier alpha value is -1.85. The fourth-order valence-corrected chi connectivity index (χ4v) is 0.790. The molecule has 0 unspecified atom stereocenters. The summed E-state index contributed by atoms with van der Waals surface area (Å²) < 4.78 is 9.09. The molecule has 1 N–H and O–H groups in total. The number of esters is 2. The lowest BCUT2D eigenvalue weighted by Crippen LogP contribution is -2.26. The molecule has 1 amide bonds. The zero-order chi connectivity index (χ0) is 12.4. The van der Waals surface area contributed by atoms with Crippen LogP contribution in [0.4, 0.5) is 0 Å². The highest BCUT2D eigenvalue weighted by Crippen LogP contribution is 1.94. The molecule has 0 aliphatic rings. The topological polar surface area (TPSA) is 81.7 Å². The summed E-state index contributed by atoms with van der Waals surface area (Å²) in [6.07, 6.45) is 1.09. The molecule has 0 aromatic rings. The fourth-order valence-electron chi connectivity index (χ4n) is 0.790. The van der Waals surface area contributed by atoms with Gasteiger partial charge in [-0.15, -0.1) is 0 Å². The summed E-state index contributed by atoms with van der Waals surface area (Å²) in [7, 11) is 1.25. The van der Waals surface area contributed by atoms with E-state index in [2.05, 4.69) is 16.6 Å². The Morgan fingerprint density at radius 1 is 1.25 bits per heavy atom. The van der Waals surface area contributed by atoms with E-state index in [-0.39, 0.29) is 31.9 Å². The first-order valence-corrected chi connectivity index (χ1v) is 4.73. The van der Waals surface area contributed by atoms with E-state index in [1.54, 1.807) is 0 Å². The molecule has 0 atom stereocenters. The Morgan fingerprint density at radius 2 is 1.88 bits per heavy atom. The lowest BCUT2D eigenvalue weighted by Gasteiger charge is -2.04. The number of nitrogens with one attached hydrogen (secondary N) is 1. The van der Waals surface area contributed by atoms with Crippen LogP contribution in [0.5, 0.6) is 0 Å². The van der Waals surface area contributed by atoms with E-state index in [0.29, 0.717) is 0 Å². The lowest BCUT2D eigenvalue weighted by atomic mass is 10.3. The molecule has 0 fully saturated rings. The molecule has 0 aliphatic carbocycles. The van der Waals surface area contributed by atoms with Crippen LogP contribution in [0, 0.1) is 0 Å². The molecular formula is C10H15NO5. The standard InChI is InChI=1S/C10H15NO5/c1-3-8(12)11-6-7-16-10(14)5-4-9(13)15-2/h3H,1,4-7H2,2H3,(H,11,12). The fraction of sp³-hybridized carbons (Fsp3) is 0.500. The number of amides is 1. The summed E-state index contributed by atoms with van der Waals surface area (Å²) in [6.45, 7) is 3.55. The Bertz CT molecular complexity index is 274. The van der Waals surface area contributed by atoms with Crippen LogP contribution in [0.15, 0.2) is 12.7 Å². The maximum absolute atomic E-state index is 11.0. The van der Waals surface area contributed by atoms with Crippen molar-refractivity contribution in [1.82, 2.24) is 5.32 Å². The summed E-state index contributed by atoms with van der Waals surface area (Å²) in [5.41, 5.74) is 0. The van der Waals surface area contributed by atoms with Crippen LogP contribution in [0.2, 0.25) is 0 Å². The largest absolute Gasteiger partial charge is 0.469 e. The van der Waals surface area contributed by atoms with E-state index in [1.165, 1.54) is 7.11 Å². The van der Waals surface area contributed by atoms with Gasteiger partial charge in [0, 0.05) is 0 Å². The van der Waals surface area contributed by atoms with Crippen molar-refractivity contribution in [2.24, 2.45) is 0 Å². The molecule has 0 aromatic heterocycles. The number of hydrogen-bond donors (Lipinski definition) is 1. The van der Waals surface area contributed by atoms with Crippen LogP contribution in [-0.2, 0) is 23.9 Å². The normalized spacial score (nSPS) is 9.06. The number of methoxy groups -OCH3 is 1. The summed E-state index contributed by atoms with van der Waals surface area (Å²) in [4.78, 5) is 32.4. The molecular weight excluding hydrogens is 214 g/mol.